The number of anilines is 1. The summed E-state index contributed by atoms with van der Waals surface area (Å²) in [5.41, 5.74) is 0.792. The number of amides is 2. The van der Waals surface area contributed by atoms with Gasteiger partial charge in [0.2, 0.25) is 11.8 Å². The van der Waals surface area contributed by atoms with Gasteiger partial charge < -0.3 is 10.2 Å². The lowest BCUT2D eigenvalue weighted by Gasteiger charge is -2.34. The van der Waals surface area contributed by atoms with E-state index in [1.807, 2.05) is 37.3 Å². The average Bonchev–Trinajstić information content (AvgIpc) is 3.02. The van der Waals surface area contributed by atoms with E-state index in [1.165, 1.54) is 0 Å². The molecule has 0 aromatic heterocycles. The first-order chi connectivity index (χ1) is 12.9. The Balaban J connectivity index is 1.53. The van der Waals surface area contributed by atoms with Crippen LogP contribution in [0, 0.1) is 11.8 Å². The van der Waals surface area contributed by atoms with E-state index >= 15 is 0 Å². The maximum absolute atomic E-state index is 12.9. The van der Waals surface area contributed by atoms with Crippen molar-refractivity contribution in [2.24, 2.45) is 11.8 Å². The first-order valence-corrected chi connectivity index (χ1v) is 11.6. The molecular weight excluding hydrogens is 364 g/mol. The standard InChI is InChI=1S/C20H28N2O4S/c1-2-22(18-12-13-27(25,26)14-18)20(24)16-10-8-15(9-11-16)19(23)21-17-6-4-3-5-7-17/h3-7,15-16,18H,2,8-14H2,1H3,(H,21,23). The smallest absolute Gasteiger partial charge is 0.227 e. The van der Waals surface area contributed by atoms with E-state index < -0.39 is 9.84 Å². The molecule has 0 radical (unpaired) electrons. The van der Waals surface area contributed by atoms with Crippen molar-refractivity contribution in [3.05, 3.63) is 30.3 Å². The number of benzene rings is 1. The number of rotatable bonds is 5. The Morgan fingerprint density at radius 2 is 1.67 bits per heavy atom. The van der Waals surface area contributed by atoms with Crippen molar-refractivity contribution >= 4 is 27.3 Å². The molecule has 2 aliphatic rings. The highest BCUT2D eigenvalue weighted by Gasteiger charge is 2.38. The number of hydrogen-bond donors (Lipinski definition) is 1. The van der Waals surface area contributed by atoms with Crippen LogP contribution in [0.1, 0.15) is 39.0 Å². The molecule has 148 valence electrons. The summed E-state index contributed by atoms with van der Waals surface area (Å²) in [6.45, 7) is 2.44. The molecule has 1 saturated carbocycles. The van der Waals surface area contributed by atoms with E-state index in [0.29, 0.717) is 38.6 Å². The number of hydrogen-bond acceptors (Lipinski definition) is 4. The topological polar surface area (TPSA) is 83.6 Å². The highest BCUT2D eigenvalue weighted by Crippen LogP contribution is 2.32. The Morgan fingerprint density at radius 3 is 2.22 bits per heavy atom. The van der Waals surface area contributed by atoms with Crippen LogP contribution in [0.4, 0.5) is 5.69 Å². The van der Waals surface area contributed by atoms with Crippen LogP contribution >= 0.6 is 0 Å². The largest absolute Gasteiger partial charge is 0.339 e. The molecule has 7 heteroatoms. The van der Waals surface area contributed by atoms with Gasteiger partial charge in [-0.15, -0.1) is 0 Å². The SMILES string of the molecule is CCN(C(=O)C1CCC(C(=O)Nc2ccccc2)CC1)C1CCS(=O)(=O)C1. The monoisotopic (exact) mass is 392 g/mol. The molecule has 0 bridgehead atoms. The maximum Gasteiger partial charge on any atom is 0.227 e. The van der Waals surface area contributed by atoms with Crippen LogP contribution in [0.15, 0.2) is 30.3 Å². The summed E-state index contributed by atoms with van der Waals surface area (Å²) in [4.78, 5) is 27.1. The lowest BCUT2D eigenvalue weighted by molar-refractivity contribution is -0.139. The van der Waals surface area contributed by atoms with E-state index in [0.717, 1.165) is 5.69 Å². The lowest BCUT2D eigenvalue weighted by atomic mass is 9.80. The third-order valence-electron chi connectivity index (χ3n) is 5.76. The lowest BCUT2D eigenvalue weighted by Crippen LogP contribution is -2.45. The van der Waals surface area contributed by atoms with Crippen molar-refractivity contribution in [1.29, 1.82) is 0 Å². The molecule has 1 aromatic rings. The van der Waals surface area contributed by atoms with Crippen molar-refractivity contribution in [2.75, 3.05) is 23.4 Å². The molecule has 1 aliphatic heterocycles. The Labute approximate surface area is 161 Å². The molecule has 0 spiro atoms. The Hall–Kier alpha value is -1.89. The Bertz CT molecular complexity index is 770. The van der Waals surface area contributed by atoms with Crippen LogP contribution < -0.4 is 5.32 Å². The van der Waals surface area contributed by atoms with Gasteiger partial charge in [0.1, 0.15) is 0 Å². The number of nitrogens with one attached hydrogen (secondary N) is 1. The molecule has 2 fully saturated rings. The number of para-hydroxylation sites is 1. The number of sulfone groups is 1. The zero-order chi connectivity index (χ0) is 19.4. The summed E-state index contributed by atoms with van der Waals surface area (Å²) >= 11 is 0. The zero-order valence-corrected chi connectivity index (χ0v) is 16.6. The summed E-state index contributed by atoms with van der Waals surface area (Å²) in [7, 11) is -3.01. The van der Waals surface area contributed by atoms with Crippen molar-refractivity contribution in [1.82, 2.24) is 4.90 Å². The first kappa shape index (κ1) is 19.9. The van der Waals surface area contributed by atoms with Gasteiger partial charge in [-0.05, 0) is 51.2 Å². The third-order valence-corrected chi connectivity index (χ3v) is 7.51. The van der Waals surface area contributed by atoms with Gasteiger partial charge >= 0.3 is 0 Å². The molecule has 1 atom stereocenters. The van der Waals surface area contributed by atoms with E-state index in [2.05, 4.69) is 5.32 Å². The highest BCUT2D eigenvalue weighted by molar-refractivity contribution is 7.91. The zero-order valence-electron chi connectivity index (χ0n) is 15.8. The Kier molecular flexibility index (Phi) is 6.19. The number of carbonyl (C=O) groups excluding carboxylic acids is 2. The van der Waals surface area contributed by atoms with Crippen LogP contribution in [0.2, 0.25) is 0 Å². The van der Waals surface area contributed by atoms with Crippen LogP contribution in [0.25, 0.3) is 0 Å². The molecule has 1 heterocycles. The van der Waals surface area contributed by atoms with E-state index in [9.17, 15) is 18.0 Å². The van der Waals surface area contributed by atoms with Crippen LogP contribution in [0.3, 0.4) is 0 Å². The van der Waals surface area contributed by atoms with Crippen LogP contribution in [0.5, 0.6) is 0 Å². The van der Waals surface area contributed by atoms with Crippen molar-refractivity contribution in [3.63, 3.8) is 0 Å². The predicted octanol–water partition coefficient (Wildman–Crippen LogP) is 2.47. The van der Waals surface area contributed by atoms with Gasteiger partial charge in [-0.3, -0.25) is 9.59 Å². The fourth-order valence-corrected chi connectivity index (χ4v) is 5.95. The quantitative estimate of drug-likeness (QED) is 0.834. The van der Waals surface area contributed by atoms with Gasteiger partial charge in [0.05, 0.1) is 11.5 Å². The normalized spacial score (nSPS) is 27.1. The summed E-state index contributed by atoms with van der Waals surface area (Å²) in [6, 6.07) is 9.21. The van der Waals surface area contributed by atoms with Crippen molar-refractivity contribution in [2.45, 2.75) is 45.1 Å². The van der Waals surface area contributed by atoms with Crippen molar-refractivity contribution in [3.8, 4) is 0 Å². The van der Waals surface area contributed by atoms with E-state index in [-0.39, 0.29) is 41.2 Å². The minimum absolute atomic E-state index is 0.0151. The van der Waals surface area contributed by atoms with Gasteiger partial charge in [-0.2, -0.15) is 0 Å². The second-order valence-corrected chi connectivity index (χ2v) is 9.81. The summed E-state index contributed by atoms with van der Waals surface area (Å²) < 4.78 is 23.5. The van der Waals surface area contributed by atoms with Gasteiger partial charge in [0.25, 0.3) is 0 Å². The molecule has 1 N–H and O–H groups in total. The van der Waals surface area contributed by atoms with Crippen molar-refractivity contribution < 1.29 is 18.0 Å². The Morgan fingerprint density at radius 1 is 1.04 bits per heavy atom. The molecule has 1 saturated heterocycles. The van der Waals surface area contributed by atoms with Gasteiger partial charge in [-0.1, -0.05) is 18.2 Å². The first-order valence-electron chi connectivity index (χ1n) is 9.76. The van der Waals surface area contributed by atoms with E-state index in [1.54, 1.807) is 4.90 Å². The molecular formula is C20H28N2O4S. The van der Waals surface area contributed by atoms with Gasteiger partial charge in [0.15, 0.2) is 9.84 Å². The fraction of sp³-hybridized carbons (Fsp3) is 0.600. The summed E-state index contributed by atoms with van der Waals surface area (Å²) in [5, 5.41) is 2.94. The molecule has 1 unspecified atom stereocenters. The molecule has 1 aromatic carbocycles. The van der Waals surface area contributed by atoms with Crippen LogP contribution in [-0.4, -0.2) is 49.2 Å². The highest BCUT2D eigenvalue weighted by atomic mass is 32.2. The second kappa shape index (κ2) is 8.42. The maximum atomic E-state index is 12.9. The van der Waals surface area contributed by atoms with Gasteiger partial charge in [0, 0.05) is 30.1 Å². The van der Waals surface area contributed by atoms with E-state index in [4.69, 9.17) is 0 Å². The molecule has 2 amide bonds. The number of nitrogens with zero attached hydrogens (tertiary/aromatic N) is 1. The van der Waals surface area contributed by atoms with Gasteiger partial charge in [-0.25, -0.2) is 8.42 Å². The minimum Gasteiger partial charge on any atom is -0.339 e. The second-order valence-electron chi connectivity index (χ2n) is 7.58. The third kappa shape index (κ3) is 4.89. The fourth-order valence-electron chi connectivity index (χ4n) is 4.22. The molecule has 1 aliphatic carbocycles. The molecule has 27 heavy (non-hydrogen) atoms. The minimum atomic E-state index is -3.01. The summed E-state index contributed by atoms with van der Waals surface area (Å²) in [6.07, 6.45) is 3.28. The van der Waals surface area contributed by atoms with Crippen LogP contribution in [-0.2, 0) is 19.4 Å². The predicted molar refractivity (Wildman–Crippen MR) is 105 cm³/mol. The number of carbonyl (C=O) groups is 2. The average molecular weight is 393 g/mol. The summed E-state index contributed by atoms with van der Waals surface area (Å²) in [5.74, 6) is 0.156. The molecule has 6 nitrogen and oxygen atoms in total. The molecule has 3 rings (SSSR count).